The molecule has 0 aromatic heterocycles. The third kappa shape index (κ3) is 1.65. The highest BCUT2D eigenvalue weighted by Crippen LogP contribution is 2.17. The highest BCUT2D eigenvalue weighted by Gasteiger charge is 2.14. The monoisotopic (exact) mass is 164 g/mol. The fourth-order valence-corrected chi connectivity index (χ4v) is 1.37. The van der Waals surface area contributed by atoms with E-state index in [9.17, 15) is 0 Å². The summed E-state index contributed by atoms with van der Waals surface area (Å²) in [6.07, 6.45) is 0.0578. The summed E-state index contributed by atoms with van der Waals surface area (Å²) in [5.41, 5.74) is 0.981. The van der Waals surface area contributed by atoms with Gasteiger partial charge < -0.3 is 10.1 Å². The molecule has 1 saturated heterocycles. The summed E-state index contributed by atoms with van der Waals surface area (Å²) in [5, 5.41) is 3.25. The average Bonchev–Trinajstić information content (AvgIpc) is 2.20. The molecule has 1 aromatic carbocycles. The second kappa shape index (κ2) is 3.70. The number of benzene rings is 1. The molecule has 64 valence electrons. The Morgan fingerprint density at radius 3 is 3.25 bits per heavy atom. The van der Waals surface area contributed by atoms with Gasteiger partial charge in [-0.2, -0.15) is 0 Å². The molecule has 0 aliphatic carbocycles. The Bertz CT molecular complexity index is 284. The van der Waals surface area contributed by atoms with Crippen LogP contribution in [0, 0.1) is 0 Å². The first kappa shape index (κ1) is 6.63. The largest absolute Gasteiger partial charge is 0.371 e. The van der Waals surface area contributed by atoms with E-state index in [4.69, 9.17) is 6.11 Å². The van der Waals surface area contributed by atoms with Crippen molar-refractivity contribution in [3.8, 4) is 0 Å². The SMILES string of the molecule is [2H]c1ccccc1[C@@H]1CNCCO1. The Hall–Kier alpha value is -0.860. The minimum atomic E-state index is 0.0578. The molecule has 0 amide bonds. The minimum Gasteiger partial charge on any atom is -0.371 e. The van der Waals surface area contributed by atoms with Crippen molar-refractivity contribution in [2.75, 3.05) is 19.7 Å². The highest BCUT2D eigenvalue weighted by molar-refractivity contribution is 5.18. The van der Waals surface area contributed by atoms with Gasteiger partial charge in [0.15, 0.2) is 0 Å². The first-order valence-electron chi connectivity index (χ1n) is 4.76. The zero-order valence-corrected chi connectivity index (χ0v) is 6.92. The standard InChI is InChI=1S/C10H13NO/c1-2-4-9(5-3-1)10-8-11-6-7-12-10/h1-5,10-11H,6-8H2/t10-/m0/s1/i4D. The van der Waals surface area contributed by atoms with Gasteiger partial charge in [-0.3, -0.25) is 0 Å². The molecule has 2 rings (SSSR count). The van der Waals surface area contributed by atoms with Crippen LogP contribution in [-0.4, -0.2) is 19.7 Å². The van der Waals surface area contributed by atoms with Crippen LogP contribution in [0.2, 0.25) is 0 Å². The first-order chi connectivity index (χ1) is 6.38. The number of morpholine rings is 1. The van der Waals surface area contributed by atoms with Crippen LogP contribution < -0.4 is 5.32 Å². The van der Waals surface area contributed by atoms with Crippen LogP contribution >= 0.6 is 0 Å². The molecule has 2 heteroatoms. The number of ether oxygens (including phenoxy) is 1. The van der Waals surface area contributed by atoms with Gasteiger partial charge in [-0.1, -0.05) is 30.3 Å². The van der Waals surface area contributed by atoms with Crippen LogP contribution in [0.15, 0.2) is 30.3 Å². The lowest BCUT2D eigenvalue weighted by Gasteiger charge is -2.23. The number of nitrogens with one attached hydrogen (secondary N) is 1. The van der Waals surface area contributed by atoms with E-state index in [2.05, 4.69) is 5.32 Å². The molecule has 1 atom stereocenters. The zero-order chi connectivity index (χ0) is 9.10. The van der Waals surface area contributed by atoms with Crippen molar-refractivity contribution in [3.63, 3.8) is 0 Å². The van der Waals surface area contributed by atoms with Crippen molar-refractivity contribution in [2.24, 2.45) is 0 Å². The second-order valence-electron chi connectivity index (χ2n) is 2.88. The summed E-state index contributed by atoms with van der Waals surface area (Å²) in [6.45, 7) is 2.46. The quantitative estimate of drug-likeness (QED) is 0.676. The summed E-state index contributed by atoms with van der Waals surface area (Å²) in [7, 11) is 0. The van der Waals surface area contributed by atoms with E-state index in [1.807, 2.05) is 18.2 Å². The maximum absolute atomic E-state index is 7.70. The third-order valence-electron chi connectivity index (χ3n) is 2.01. The molecule has 12 heavy (non-hydrogen) atoms. The topological polar surface area (TPSA) is 21.3 Å². The highest BCUT2D eigenvalue weighted by atomic mass is 16.5. The van der Waals surface area contributed by atoms with Crippen LogP contribution in [0.1, 0.15) is 13.0 Å². The van der Waals surface area contributed by atoms with Gasteiger partial charge in [0, 0.05) is 13.1 Å². The summed E-state index contributed by atoms with van der Waals surface area (Å²) >= 11 is 0. The number of rotatable bonds is 1. The van der Waals surface area contributed by atoms with Gasteiger partial charge in [0.1, 0.15) is 0 Å². The summed E-state index contributed by atoms with van der Waals surface area (Å²) < 4.78 is 13.3. The van der Waals surface area contributed by atoms with Gasteiger partial charge in [0.05, 0.1) is 14.1 Å². The molecule has 1 aliphatic rings. The Morgan fingerprint density at radius 1 is 1.50 bits per heavy atom. The fraction of sp³-hybridized carbons (Fsp3) is 0.400. The predicted molar refractivity (Wildman–Crippen MR) is 48.0 cm³/mol. The molecule has 0 unspecified atom stereocenters. The number of hydrogen-bond acceptors (Lipinski definition) is 2. The van der Waals surface area contributed by atoms with Gasteiger partial charge in [0.2, 0.25) is 0 Å². The van der Waals surface area contributed by atoms with E-state index in [1.54, 1.807) is 6.07 Å². The van der Waals surface area contributed by atoms with Crippen LogP contribution in [0.25, 0.3) is 0 Å². The van der Waals surface area contributed by atoms with Crippen molar-refractivity contribution in [3.05, 3.63) is 35.9 Å². The predicted octanol–water partition coefficient (Wildman–Crippen LogP) is 1.35. The maximum Gasteiger partial charge on any atom is 0.0949 e. The van der Waals surface area contributed by atoms with Crippen molar-refractivity contribution >= 4 is 0 Å². The molecule has 1 aliphatic heterocycles. The Labute approximate surface area is 74.0 Å². The molecule has 0 saturated carbocycles. The molecule has 0 radical (unpaired) electrons. The van der Waals surface area contributed by atoms with Gasteiger partial charge in [0.25, 0.3) is 0 Å². The van der Waals surface area contributed by atoms with Crippen LogP contribution in [0.4, 0.5) is 0 Å². The molecular formula is C10H13NO. The van der Waals surface area contributed by atoms with Crippen LogP contribution in [0.5, 0.6) is 0 Å². The molecule has 0 bridgehead atoms. The lowest BCUT2D eigenvalue weighted by molar-refractivity contribution is 0.0277. The molecule has 1 aromatic rings. The van der Waals surface area contributed by atoms with Crippen molar-refractivity contribution in [2.45, 2.75) is 6.10 Å². The smallest absolute Gasteiger partial charge is 0.0949 e. The zero-order valence-electron chi connectivity index (χ0n) is 7.92. The fourth-order valence-electron chi connectivity index (χ4n) is 1.37. The van der Waals surface area contributed by atoms with Gasteiger partial charge >= 0.3 is 0 Å². The lowest BCUT2D eigenvalue weighted by Crippen LogP contribution is -2.33. The Morgan fingerprint density at radius 2 is 2.50 bits per heavy atom. The Balaban J connectivity index is 2.18. The van der Waals surface area contributed by atoms with E-state index in [0.29, 0.717) is 6.04 Å². The maximum atomic E-state index is 7.70. The normalized spacial score (nSPS) is 25.0. The minimum absolute atomic E-state index is 0.0578. The molecule has 1 N–H and O–H groups in total. The van der Waals surface area contributed by atoms with E-state index < -0.39 is 0 Å². The Kier molecular flexibility index (Phi) is 2.04. The van der Waals surface area contributed by atoms with Crippen molar-refractivity contribution < 1.29 is 6.11 Å². The van der Waals surface area contributed by atoms with E-state index in [1.165, 1.54) is 0 Å². The molecule has 1 fully saturated rings. The van der Waals surface area contributed by atoms with Gasteiger partial charge in [-0.15, -0.1) is 0 Å². The van der Waals surface area contributed by atoms with E-state index in [-0.39, 0.29) is 6.10 Å². The second-order valence-corrected chi connectivity index (χ2v) is 2.88. The molecular weight excluding hydrogens is 150 g/mol. The van der Waals surface area contributed by atoms with Crippen molar-refractivity contribution in [1.29, 1.82) is 0 Å². The number of hydrogen-bond donors (Lipinski definition) is 1. The van der Waals surface area contributed by atoms with Gasteiger partial charge in [-0.25, -0.2) is 0 Å². The summed E-state index contributed by atoms with van der Waals surface area (Å²) in [6, 6.07) is 8.15. The van der Waals surface area contributed by atoms with Crippen LogP contribution in [-0.2, 0) is 4.74 Å². The lowest BCUT2D eigenvalue weighted by atomic mass is 10.1. The first-order valence-corrected chi connectivity index (χ1v) is 4.26. The van der Waals surface area contributed by atoms with E-state index in [0.717, 1.165) is 25.3 Å². The third-order valence-corrected chi connectivity index (χ3v) is 2.01. The van der Waals surface area contributed by atoms with E-state index >= 15 is 0 Å². The summed E-state index contributed by atoms with van der Waals surface area (Å²) in [5.74, 6) is 0. The van der Waals surface area contributed by atoms with Crippen LogP contribution in [0.3, 0.4) is 0 Å². The van der Waals surface area contributed by atoms with Crippen molar-refractivity contribution in [1.82, 2.24) is 5.32 Å². The summed E-state index contributed by atoms with van der Waals surface area (Å²) in [4.78, 5) is 0. The molecule has 1 heterocycles. The molecule has 0 spiro atoms. The van der Waals surface area contributed by atoms with Gasteiger partial charge in [-0.05, 0) is 5.56 Å². The average molecular weight is 164 g/mol. The molecule has 2 nitrogen and oxygen atoms in total.